The number of para-hydroxylation sites is 3. The van der Waals surface area contributed by atoms with Gasteiger partial charge in [0.1, 0.15) is 0 Å². The van der Waals surface area contributed by atoms with E-state index in [0.717, 1.165) is 5.69 Å². The number of rotatable bonds is 4. The maximum absolute atomic E-state index is 2.53. The van der Waals surface area contributed by atoms with Crippen molar-refractivity contribution < 1.29 is 0 Å². The highest BCUT2D eigenvalue weighted by Crippen LogP contribution is 2.45. The van der Waals surface area contributed by atoms with Crippen LogP contribution in [-0.2, 0) is 0 Å². The molecular formula is C48H30N2S. The van der Waals surface area contributed by atoms with Crippen molar-refractivity contribution in [2.75, 3.05) is 0 Å². The number of aromatic nitrogens is 2. The molecule has 0 unspecified atom stereocenters. The zero-order chi connectivity index (χ0) is 33.5. The molecule has 3 heterocycles. The van der Waals surface area contributed by atoms with Crippen molar-refractivity contribution in [3.05, 3.63) is 182 Å². The predicted octanol–water partition coefficient (Wildman–Crippen LogP) is 13.6. The van der Waals surface area contributed by atoms with Crippen molar-refractivity contribution in [1.29, 1.82) is 0 Å². The molecule has 0 aliphatic rings. The van der Waals surface area contributed by atoms with Gasteiger partial charge in [-0.25, -0.2) is 0 Å². The van der Waals surface area contributed by atoms with Crippen LogP contribution in [0.4, 0.5) is 0 Å². The highest BCUT2D eigenvalue weighted by Gasteiger charge is 2.21. The quantitative estimate of drug-likeness (QED) is 0.177. The van der Waals surface area contributed by atoms with Gasteiger partial charge in [-0.15, -0.1) is 11.3 Å². The topological polar surface area (TPSA) is 9.86 Å². The Balaban J connectivity index is 1.26. The molecule has 8 aromatic carbocycles. The van der Waals surface area contributed by atoms with Crippen LogP contribution >= 0.6 is 11.3 Å². The highest BCUT2D eigenvalue weighted by atomic mass is 32.1. The molecule has 0 spiro atoms. The minimum Gasteiger partial charge on any atom is -0.309 e. The van der Waals surface area contributed by atoms with Gasteiger partial charge in [-0.1, -0.05) is 133 Å². The lowest BCUT2D eigenvalue weighted by Gasteiger charge is -2.16. The van der Waals surface area contributed by atoms with Gasteiger partial charge >= 0.3 is 0 Å². The van der Waals surface area contributed by atoms with Crippen LogP contribution in [0.3, 0.4) is 0 Å². The third kappa shape index (κ3) is 4.22. The number of hydrogen-bond donors (Lipinski definition) is 0. The molecule has 0 aliphatic heterocycles. The van der Waals surface area contributed by atoms with E-state index in [0.29, 0.717) is 0 Å². The van der Waals surface area contributed by atoms with Crippen LogP contribution in [-0.4, -0.2) is 9.13 Å². The summed E-state index contributed by atoms with van der Waals surface area (Å²) in [7, 11) is 0. The van der Waals surface area contributed by atoms with Crippen molar-refractivity contribution in [3.63, 3.8) is 0 Å². The average molecular weight is 667 g/mol. The number of fused-ring (bicyclic) bond motifs is 9. The number of benzene rings is 8. The van der Waals surface area contributed by atoms with Gasteiger partial charge in [-0.05, 0) is 70.8 Å². The summed E-state index contributed by atoms with van der Waals surface area (Å²) >= 11 is 1.88. The average Bonchev–Trinajstić information content (AvgIpc) is 3.85. The molecule has 11 rings (SSSR count). The third-order valence-electron chi connectivity index (χ3n) is 10.5. The Bertz CT molecular complexity index is 3090. The van der Waals surface area contributed by atoms with E-state index in [9.17, 15) is 0 Å². The summed E-state index contributed by atoms with van der Waals surface area (Å²) in [6.07, 6.45) is 0. The van der Waals surface area contributed by atoms with Gasteiger partial charge in [0.25, 0.3) is 0 Å². The maximum atomic E-state index is 2.53. The molecular weight excluding hydrogens is 637 g/mol. The SMILES string of the molecule is c1ccc(-c2ccccc2-c2cc(-n3c4ccccc4c4ccc(-n5c6ccccc6c6ccccc65)cc43)c3c(c2)sc2ccccc23)cc1. The Morgan fingerprint density at radius 3 is 1.55 bits per heavy atom. The van der Waals surface area contributed by atoms with Crippen molar-refractivity contribution in [2.24, 2.45) is 0 Å². The molecule has 11 aromatic rings. The molecule has 0 N–H and O–H groups in total. The van der Waals surface area contributed by atoms with E-state index in [-0.39, 0.29) is 0 Å². The molecule has 0 atom stereocenters. The molecule has 0 amide bonds. The Kier molecular flexibility index (Phi) is 6.16. The molecule has 0 aliphatic carbocycles. The van der Waals surface area contributed by atoms with Gasteiger partial charge < -0.3 is 9.13 Å². The van der Waals surface area contributed by atoms with Crippen LogP contribution in [0.15, 0.2) is 182 Å². The van der Waals surface area contributed by atoms with E-state index in [1.54, 1.807) is 0 Å². The van der Waals surface area contributed by atoms with E-state index < -0.39 is 0 Å². The van der Waals surface area contributed by atoms with Crippen LogP contribution in [0, 0.1) is 0 Å². The first-order chi connectivity index (χ1) is 25.3. The van der Waals surface area contributed by atoms with Crippen LogP contribution < -0.4 is 0 Å². The van der Waals surface area contributed by atoms with Gasteiger partial charge in [0.05, 0.1) is 27.8 Å². The van der Waals surface area contributed by atoms with Gasteiger partial charge in [0, 0.05) is 47.4 Å². The molecule has 0 radical (unpaired) electrons. The first kappa shape index (κ1) is 28.4. The number of thiophene rings is 1. The summed E-state index contributed by atoms with van der Waals surface area (Å²) in [5, 5.41) is 7.62. The van der Waals surface area contributed by atoms with Crippen LogP contribution in [0.2, 0.25) is 0 Å². The third-order valence-corrected chi connectivity index (χ3v) is 11.6. The molecule has 51 heavy (non-hydrogen) atoms. The summed E-state index contributed by atoms with van der Waals surface area (Å²) < 4.78 is 7.54. The fourth-order valence-corrected chi connectivity index (χ4v) is 9.49. The number of hydrogen-bond acceptors (Lipinski definition) is 1. The van der Waals surface area contributed by atoms with E-state index in [4.69, 9.17) is 0 Å². The van der Waals surface area contributed by atoms with Crippen LogP contribution in [0.25, 0.3) is 97.4 Å². The molecule has 0 fully saturated rings. The van der Waals surface area contributed by atoms with Crippen molar-refractivity contribution in [1.82, 2.24) is 9.13 Å². The second-order valence-electron chi connectivity index (χ2n) is 13.3. The van der Waals surface area contributed by atoms with E-state index in [2.05, 4.69) is 191 Å². The summed E-state index contributed by atoms with van der Waals surface area (Å²) in [5.74, 6) is 0. The minimum atomic E-state index is 1.15. The van der Waals surface area contributed by atoms with Crippen LogP contribution in [0.1, 0.15) is 0 Å². The fourth-order valence-electron chi connectivity index (χ4n) is 8.33. The molecule has 0 saturated heterocycles. The largest absolute Gasteiger partial charge is 0.309 e. The zero-order valence-electron chi connectivity index (χ0n) is 27.6. The Morgan fingerprint density at radius 1 is 0.333 bits per heavy atom. The number of nitrogens with zero attached hydrogens (tertiary/aromatic N) is 2. The monoisotopic (exact) mass is 666 g/mol. The lowest BCUT2D eigenvalue weighted by molar-refractivity contribution is 1.16. The standard InChI is InChI=1S/C48H30N2S/c1-2-14-31(15-3-1)34-16-4-5-17-35(34)32-28-45(48-40-21-9-13-25-46(40)51-47(48)29-32)50-43-24-12-8-20-38(43)39-27-26-33(30-44(39)50)49-41-22-10-6-18-36(41)37-19-7-11-23-42(37)49/h1-30H. The smallest absolute Gasteiger partial charge is 0.0562 e. The first-order valence-corrected chi connectivity index (χ1v) is 18.3. The van der Waals surface area contributed by atoms with E-state index in [1.807, 2.05) is 11.3 Å². The van der Waals surface area contributed by atoms with E-state index in [1.165, 1.54) is 91.7 Å². The van der Waals surface area contributed by atoms with Gasteiger partial charge in [0.2, 0.25) is 0 Å². The predicted molar refractivity (Wildman–Crippen MR) is 219 cm³/mol. The fraction of sp³-hybridized carbons (Fsp3) is 0. The molecule has 238 valence electrons. The summed E-state index contributed by atoms with van der Waals surface area (Å²) in [4.78, 5) is 0. The van der Waals surface area contributed by atoms with Crippen molar-refractivity contribution >= 4 is 75.1 Å². The van der Waals surface area contributed by atoms with Gasteiger partial charge in [0.15, 0.2) is 0 Å². The van der Waals surface area contributed by atoms with Gasteiger partial charge in [-0.2, -0.15) is 0 Å². The first-order valence-electron chi connectivity index (χ1n) is 17.4. The zero-order valence-corrected chi connectivity index (χ0v) is 28.4. The molecule has 0 bridgehead atoms. The molecule has 3 heteroatoms. The second kappa shape index (κ2) is 11.0. The van der Waals surface area contributed by atoms with Crippen LogP contribution in [0.5, 0.6) is 0 Å². The minimum absolute atomic E-state index is 1.15. The van der Waals surface area contributed by atoms with E-state index >= 15 is 0 Å². The lowest BCUT2D eigenvalue weighted by Crippen LogP contribution is -1.98. The Morgan fingerprint density at radius 2 is 0.863 bits per heavy atom. The summed E-state index contributed by atoms with van der Waals surface area (Å²) in [5.41, 5.74) is 12.1. The molecule has 3 aromatic heterocycles. The van der Waals surface area contributed by atoms with Crippen molar-refractivity contribution in [3.8, 4) is 33.6 Å². The molecule has 0 saturated carbocycles. The Hall–Kier alpha value is -6.42. The van der Waals surface area contributed by atoms with Crippen molar-refractivity contribution in [2.45, 2.75) is 0 Å². The maximum Gasteiger partial charge on any atom is 0.0562 e. The molecule has 2 nitrogen and oxygen atoms in total. The lowest BCUT2D eigenvalue weighted by atomic mass is 9.93. The second-order valence-corrected chi connectivity index (χ2v) is 14.4. The summed E-state index contributed by atoms with van der Waals surface area (Å²) in [6, 6.07) is 66.7. The summed E-state index contributed by atoms with van der Waals surface area (Å²) in [6.45, 7) is 0. The normalized spacial score (nSPS) is 11.9. The highest BCUT2D eigenvalue weighted by molar-refractivity contribution is 7.26. The Labute approximate surface area is 298 Å². The van der Waals surface area contributed by atoms with Gasteiger partial charge in [-0.3, -0.25) is 0 Å².